The van der Waals surface area contributed by atoms with Crippen LogP contribution in [-0.2, 0) is 4.74 Å². The topological polar surface area (TPSA) is 76.5 Å². The summed E-state index contributed by atoms with van der Waals surface area (Å²) < 4.78 is 6.74. The Labute approximate surface area is 124 Å². The Bertz CT molecular complexity index is 493. The molecule has 0 radical (unpaired) electrons. The van der Waals surface area contributed by atoms with E-state index in [2.05, 4.69) is 10.3 Å². The summed E-state index contributed by atoms with van der Waals surface area (Å²) in [5.41, 5.74) is -0.510. The molecule has 116 valence electrons. The van der Waals surface area contributed by atoms with Crippen LogP contribution in [0.3, 0.4) is 0 Å². The molecule has 1 aliphatic heterocycles. The number of piperidine rings is 1. The van der Waals surface area contributed by atoms with E-state index < -0.39 is 5.60 Å². The molecule has 0 aliphatic carbocycles. The Kier molecular flexibility index (Phi) is 4.50. The van der Waals surface area contributed by atoms with Gasteiger partial charge >= 0.3 is 12.1 Å². The van der Waals surface area contributed by atoms with Gasteiger partial charge in [0.25, 0.3) is 0 Å². The molecule has 0 spiro atoms. The van der Waals surface area contributed by atoms with Crippen LogP contribution in [0.1, 0.15) is 33.6 Å². The maximum atomic E-state index is 12.0. The monoisotopic (exact) mass is 294 g/mol. The highest BCUT2D eigenvalue weighted by Crippen LogP contribution is 2.15. The summed E-state index contributed by atoms with van der Waals surface area (Å²) in [5, 5.41) is 2.90. The summed E-state index contributed by atoms with van der Waals surface area (Å²) in [6.45, 7) is 6.65. The Morgan fingerprint density at radius 2 is 2.14 bits per heavy atom. The van der Waals surface area contributed by atoms with E-state index in [0.29, 0.717) is 13.1 Å². The maximum Gasteiger partial charge on any atom is 0.410 e. The fourth-order valence-electron chi connectivity index (χ4n) is 2.22. The zero-order valence-electron chi connectivity index (χ0n) is 12.7. The van der Waals surface area contributed by atoms with Crippen molar-refractivity contribution < 1.29 is 14.3 Å². The van der Waals surface area contributed by atoms with Crippen molar-refractivity contribution in [2.24, 2.45) is 0 Å². The normalized spacial score (nSPS) is 19.2. The largest absolute Gasteiger partial charge is 0.444 e. The Balaban J connectivity index is 1.89. The van der Waals surface area contributed by atoms with Crippen LogP contribution >= 0.6 is 0 Å². The molecule has 0 unspecified atom stereocenters. The molecule has 7 nitrogen and oxygen atoms in total. The van der Waals surface area contributed by atoms with E-state index in [0.717, 1.165) is 12.8 Å². The summed E-state index contributed by atoms with van der Waals surface area (Å²) in [7, 11) is 0. The third kappa shape index (κ3) is 4.47. The van der Waals surface area contributed by atoms with Gasteiger partial charge in [0.05, 0.1) is 0 Å². The summed E-state index contributed by atoms with van der Waals surface area (Å²) in [6, 6.07) is -0.301. The van der Waals surface area contributed by atoms with E-state index >= 15 is 0 Å². The summed E-state index contributed by atoms with van der Waals surface area (Å²) >= 11 is 0. The fraction of sp³-hybridized carbons (Fsp3) is 0.643. The lowest BCUT2D eigenvalue weighted by Crippen LogP contribution is -2.51. The van der Waals surface area contributed by atoms with Gasteiger partial charge in [-0.15, -0.1) is 0 Å². The van der Waals surface area contributed by atoms with Gasteiger partial charge in [-0.3, -0.25) is 4.57 Å². The predicted octanol–water partition coefficient (Wildman–Crippen LogP) is 1.84. The molecule has 7 heteroatoms. The van der Waals surface area contributed by atoms with Crippen LogP contribution in [0, 0.1) is 0 Å². The first-order valence-corrected chi connectivity index (χ1v) is 7.12. The molecule has 2 rings (SSSR count). The molecule has 1 N–H and O–H groups in total. The minimum absolute atomic E-state index is 0.0684. The number of ether oxygens (including phenoxy) is 1. The SMILES string of the molecule is CC(C)(C)OC(=O)N1CCC[C@H](NC(=O)n2ccnc2)C1. The van der Waals surface area contributed by atoms with Crippen molar-refractivity contribution in [3.63, 3.8) is 0 Å². The molecule has 0 aromatic carbocycles. The molecule has 0 bridgehead atoms. The Morgan fingerprint density at radius 1 is 1.38 bits per heavy atom. The summed E-state index contributed by atoms with van der Waals surface area (Å²) in [6.07, 6.45) is 5.94. The van der Waals surface area contributed by atoms with E-state index in [1.807, 2.05) is 20.8 Å². The van der Waals surface area contributed by atoms with Gasteiger partial charge in [-0.25, -0.2) is 14.6 Å². The maximum absolute atomic E-state index is 12.0. The second kappa shape index (κ2) is 6.15. The molecule has 1 atom stereocenters. The highest BCUT2D eigenvalue weighted by Gasteiger charge is 2.28. The van der Waals surface area contributed by atoms with E-state index in [4.69, 9.17) is 4.74 Å². The lowest BCUT2D eigenvalue weighted by atomic mass is 10.1. The van der Waals surface area contributed by atoms with Gasteiger partial charge in [0, 0.05) is 31.5 Å². The fourth-order valence-corrected chi connectivity index (χ4v) is 2.22. The molecule has 0 saturated carbocycles. The first-order valence-electron chi connectivity index (χ1n) is 7.12. The van der Waals surface area contributed by atoms with Crippen molar-refractivity contribution in [1.82, 2.24) is 19.8 Å². The number of rotatable bonds is 1. The predicted molar refractivity (Wildman–Crippen MR) is 77.0 cm³/mol. The number of carbonyl (C=O) groups excluding carboxylic acids is 2. The van der Waals surface area contributed by atoms with Crippen molar-refractivity contribution in [3.8, 4) is 0 Å². The molecular formula is C14H22N4O3. The second-order valence-corrected chi connectivity index (χ2v) is 6.18. The van der Waals surface area contributed by atoms with E-state index in [1.54, 1.807) is 17.3 Å². The van der Waals surface area contributed by atoms with Crippen LogP contribution in [-0.4, -0.2) is 51.3 Å². The Morgan fingerprint density at radius 3 is 2.76 bits per heavy atom. The van der Waals surface area contributed by atoms with Crippen molar-refractivity contribution >= 4 is 12.1 Å². The van der Waals surface area contributed by atoms with E-state index in [-0.39, 0.29) is 18.2 Å². The number of carbonyl (C=O) groups is 2. The first-order chi connectivity index (χ1) is 9.85. The molecule has 2 heterocycles. The highest BCUT2D eigenvalue weighted by molar-refractivity contribution is 5.77. The van der Waals surface area contributed by atoms with Crippen molar-refractivity contribution in [3.05, 3.63) is 18.7 Å². The van der Waals surface area contributed by atoms with Gasteiger partial charge in [-0.05, 0) is 33.6 Å². The summed E-state index contributed by atoms with van der Waals surface area (Å²) in [5.74, 6) is 0. The number of hydrogen-bond donors (Lipinski definition) is 1. The zero-order valence-corrected chi connectivity index (χ0v) is 12.7. The molecule has 1 aromatic heterocycles. The summed E-state index contributed by atoms with van der Waals surface area (Å²) in [4.78, 5) is 29.5. The number of hydrogen-bond acceptors (Lipinski definition) is 4. The minimum Gasteiger partial charge on any atom is -0.444 e. The number of nitrogens with one attached hydrogen (secondary N) is 1. The molecule has 1 aromatic rings. The highest BCUT2D eigenvalue weighted by atomic mass is 16.6. The first kappa shape index (κ1) is 15.3. The van der Waals surface area contributed by atoms with Crippen LogP contribution in [0.4, 0.5) is 9.59 Å². The van der Waals surface area contributed by atoms with Gasteiger partial charge in [0.2, 0.25) is 0 Å². The molecule has 21 heavy (non-hydrogen) atoms. The molecule has 2 amide bonds. The van der Waals surface area contributed by atoms with Gasteiger partial charge in [0.1, 0.15) is 11.9 Å². The Hall–Kier alpha value is -2.05. The molecule has 1 fully saturated rings. The van der Waals surface area contributed by atoms with Gasteiger partial charge in [-0.2, -0.15) is 0 Å². The van der Waals surface area contributed by atoms with E-state index in [1.165, 1.54) is 10.9 Å². The van der Waals surface area contributed by atoms with Gasteiger partial charge in [-0.1, -0.05) is 0 Å². The van der Waals surface area contributed by atoms with Crippen LogP contribution < -0.4 is 5.32 Å². The number of imidazole rings is 1. The number of likely N-dealkylation sites (tertiary alicyclic amines) is 1. The smallest absolute Gasteiger partial charge is 0.410 e. The average Bonchev–Trinajstić information content (AvgIpc) is 2.91. The second-order valence-electron chi connectivity index (χ2n) is 6.18. The molecule has 1 saturated heterocycles. The lowest BCUT2D eigenvalue weighted by Gasteiger charge is -2.34. The van der Waals surface area contributed by atoms with E-state index in [9.17, 15) is 9.59 Å². The lowest BCUT2D eigenvalue weighted by molar-refractivity contribution is 0.0191. The number of aromatic nitrogens is 2. The van der Waals surface area contributed by atoms with Crippen LogP contribution in [0.5, 0.6) is 0 Å². The average molecular weight is 294 g/mol. The third-order valence-corrected chi connectivity index (χ3v) is 3.14. The van der Waals surface area contributed by atoms with Crippen LogP contribution in [0.25, 0.3) is 0 Å². The van der Waals surface area contributed by atoms with Crippen molar-refractivity contribution in [2.45, 2.75) is 45.3 Å². The zero-order chi connectivity index (χ0) is 15.5. The third-order valence-electron chi connectivity index (χ3n) is 3.14. The van der Waals surface area contributed by atoms with Crippen molar-refractivity contribution in [1.29, 1.82) is 0 Å². The number of amides is 2. The van der Waals surface area contributed by atoms with Gasteiger partial charge < -0.3 is 15.0 Å². The minimum atomic E-state index is -0.510. The van der Waals surface area contributed by atoms with Gasteiger partial charge in [0.15, 0.2) is 0 Å². The standard InChI is InChI=1S/C14H22N4O3/c1-14(2,3)21-13(20)17-7-4-5-11(9-17)16-12(19)18-8-6-15-10-18/h6,8,10-11H,4-5,7,9H2,1-3H3,(H,16,19)/t11-/m0/s1. The quantitative estimate of drug-likeness (QED) is 0.857. The number of nitrogens with zero attached hydrogens (tertiary/aromatic N) is 3. The molecular weight excluding hydrogens is 272 g/mol. The molecule has 1 aliphatic rings. The van der Waals surface area contributed by atoms with Crippen LogP contribution in [0.2, 0.25) is 0 Å². The van der Waals surface area contributed by atoms with Crippen molar-refractivity contribution in [2.75, 3.05) is 13.1 Å². The van der Waals surface area contributed by atoms with Crippen LogP contribution in [0.15, 0.2) is 18.7 Å².